The van der Waals surface area contributed by atoms with E-state index in [4.69, 9.17) is 0 Å². The molecular formula is C21H27N3O2. The first kappa shape index (κ1) is 17.4. The highest BCUT2D eigenvalue weighted by molar-refractivity contribution is 5.18. The van der Waals surface area contributed by atoms with Gasteiger partial charge in [-0.3, -0.25) is 4.79 Å². The molecule has 2 N–H and O–H groups in total. The van der Waals surface area contributed by atoms with Crippen molar-refractivity contribution in [3.8, 4) is 0 Å². The summed E-state index contributed by atoms with van der Waals surface area (Å²) in [5.41, 5.74) is 1.45. The summed E-state index contributed by atoms with van der Waals surface area (Å²) in [6.07, 6.45) is 2.56. The Hall–Kier alpha value is -1.98. The quantitative estimate of drug-likeness (QED) is 0.865. The SMILES string of the molecule is CC(CN1C[C@@H]2C[C@@](O)(Cc3ccccc3)C[C@@H]2C1)c1ccc(=O)[nH]n1. The molecule has 0 radical (unpaired) electrons. The van der Waals surface area contributed by atoms with Crippen LogP contribution in [0.2, 0.25) is 0 Å². The molecule has 138 valence electrons. The lowest BCUT2D eigenvalue weighted by atomic mass is 9.91. The molecule has 4 rings (SSSR count). The predicted octanol–water partition coefficient (Wildman–Crippen LogP) is 2.19. The first-order chi connectivity index (χ1) is 12.5. The monoisotopic (exact) mass is 353 g/mol. The van der Waals surface area contributed by atoms with Crippen LogP contribution in [-0.4, -0.2) is 45.4 Å². The smallest absolute Gasteiger partial charge is 0.264 e. The number of rotatable bonds is 5. The third-order valence-electron chi connectivity index (χ3n) is 6.05. The lowest BCUT2D eigenvalue weighted by Crippen LogP contribution is -2.33. The van der Waals surface area contributed by atoms with E-state index >= 15 is 0 Å². The number of hydrogen-bond acceptors (Lipinski definition) is 4. The maximum absolute atomic E-state index is 11.2. The largest absolute Gasteiger partial charge is 0.390 e. The second kappa shape index (κ2) is 6.97. The van der Waals surface area contributed by atoms with Crippen molar-refractivity contribution in [1.29, 1.82) is 0 Å². The second-order valence-electron chi connectivity index (χ2n) is 8.28. The lowest BCUT2D eigenvalue weighted by molar-refractivity contribution is 0.0353. The zero-order valence-electron chi connectivity index (χ0n) is 15.3. The van der Waals surface area contributed by atoms with Gasteiger partial charge in [0.15, 0.2) is 0 Å². The number of aliphatic hydroxyl groups is 1. The molecule has 2 aromatic rings. The van der Waals surface area contributed by atoms with E-state index in [0.717, 1.165) is 44.6 Å². The summed E-state index contributed by atoms with van der Waals surface area (Å²) in [7, 11) is 0. The van der Waals surface area contributed by atoms with Crippen molar-refractivity contribution < 1.29 is 5.11 Å². The minimum Gasteiger partial charge on any atom is -0.390 e. The Morgan fingerprint density at radius 3 is 2.50 bits per heavy atom. The average molecular weight is 353 g/mol. The minimum absolute atomic E-state index is 0.158. The van der Waals surface area contributed by atoms with Crippen LogP contribution in [0.25, 0.3) is 0 Å². The van der Waals surface area contributed by atoms with Crippen LogP contribution in [0.1, 0.15) is 36.9 Å². The summed E-state index contributed by atoms with van der Waals surface area (Å²) >= 11 is 0. The Balaban J connectivity index is 1.33. The molecule has 1 saturated heterocycles. The van der Waals surface area contributed by atoms with Gasteiger partial charge in [0.25, 0.3) is 5.56 Å². The molecule has 4 atom stereocenters. The molecule has 0 bridgehead atoms. The highest BCUT2D eigenvalue weighted by Crippen LogP contribution is 2.45. The van der Waals surface area contributed by atoms with Crippen molar-refractivity contribution in [2.24, 2.45) is 11.8 Å². The average Bonchev–Trinajstić information content (AvgIpc) is 3.10. The molecule has 0 amide bonds. The maximum atomic E-state index is 11.2. The normalized spacial score (nSPS) is 29.6. The second-order valence-corrected chi connectivity index (χ2v) is 8.28. The molecule has 1 saturated carbocycles. The summed E-state index contributed by atoms with van der Waals surface area (Å²) in [5, 5.41) is 17.7. The van der Waals surface area contributed by atoms with Gasteiger partial charge in [0.05, 0.1) is 11.3 Å². The number of hydrogen-bond donors (Lipinski definition) is 2. The van der Waals surface area contributed by atoms with Crippen molar-refractivity contribution in [2.45, 2.75) is 37.7 Å². The van der Waals surface area contributed by atoms with Crippen LogP contribution in [0.15, 0.2) is 47.3 Å². The minimum atomic E-state index is -0.547. The van der Waals surface area contributed by atoms with E-state index < -0.39 is 5.60 Å². The topological polar surface area (TPSA) is 69.2 Å². The molecule has 1 aliphatic heterocycles. The Morgan fingerprint density at radius 2 is 1.88 bits per heavy atom. The van der Waals surface area contributed by atoms with Crippen LogP contribution < -0.4 is 5.56 Å². The fourth-order valence-corrected chi connectivity index (χ4v) is 4.94. The standard InChI is InChI=1S/C21H27N3O2/c1-15(19-7-8-20(25)23-22-19)12-24-13-17-10-21(26,11-18(17)14-24)9-16-5-3-2-4-6-16/h2-8,15,17-18,26H,9-14H2,1H3,(H,23,25)/t15?,17-,18+,21-. The summed E-state index contributed by atoms with van der Waals surface area (Å²) < 4.78 is 0. The summed E-state index contributed by atoms with van der Waals surface area (Å²) in [5.74, 6) is 1.45. The maximum Gasteiger partial charge on any atom is 0.264 e. The molecule has 1 aromatic carbocycles. The highest BCUT2D eigenvalue weighted by atomic mass is 16.3. The van der Waals surface area contributed by atoms with Crippen molar-refractivity contribution in [2.75, 3.05) is 19.6 Å². The van der Waals surface area contributed by atoms with E-state index in [1.807, 2.05) is 24.3 Å². The number of aromatic amines is 1. The van der Waals surface area contributed by atoms with Crippen LogP contribution in [0.3, 0.4) is 0 Å². The molecule has 5 nitrogen and oxygen atoms in total. The molecule has 1 aliphatic carbocycles. The summed E-state index contributed by atoms with van der Waals surface area (Å²) in [6.45, 7) is 5.20. The Labute approximate surface area is 154 Å². The molecule has 2 fully saturated rings. The van der Waals surface area contributed by atoms with Gasteiger partial charge in [-0.1, -0.05) is 37.3 Å². The van der Waals surface area contributed by atoms with Gasteiger partial charge in [0.2, 0.25) is 0 Å². The third kappa shape index (κ3) is 3.74. The van der Waals surface area contributed by atoms with Crippen molar-refractivity contribution in [3.05, 3.63) is 64.1 Å². The van der Waals surface area contributed by atoms with E-state index in [2.05, 4.69) is 34.2 Å². The van der Waals surface area contributed by atoms with Crippen LogP contribution in [-0.2, 0) is 6.42 Å². The fraction of sp³-hybridized carbons (Fsp3) is 0.524. The van der Waals surface area contributed by atoms with E-state index in [1.165, 1.54) is 5.56 Å². The van der Waals surface area contributed by atoms with E-state index in [-0.39, 0.29) is 11.5 Å². The lowest BCUT2D eigenvalue weighted by Gasteiger charge is -2.27. The van der Waals surface area contributed by atoms with Crippen molar-refractivity contribution >= 4 is 0 Å². The zero-order chi connectivity index (χ0) is 18.1. The van der Waals surface area contributed by atoms with Crippen LogP contribution in [0.5, 0.6) is 0 Å². The van der Waals surface area contributed by atoms with Crippen LogP contribution in [0.4, 0.5) is 0 Å². The van der Waals surface area contributed by atoms with Crippen LogP contribution >= 0.6 is 0 Å². The van der Waals surface area contributed by atoms with Gasteiger partial charge in [-0.25, -0.2) is 5.10 Å². The first-order valence-electron chi connectivity index (χ1n) is 9.55. The molecule has 5 heteroatoms. The van der Waals surface area contributed by atoms with Crippen molar-refractivity contribution in [1.82, 2.24) is 15.1 Å². The summed E-state index contributed by atoms with van der Waals surface area (Å²) in [6, 6.07) is 13.7. The number of aromatic nitrogens is 2. The molecule has 1 unspecified atom stereocenters. The molecule has 26 heavy (non-hydrogen) atoms. The van der Waals surface area contributed by atoms with Crippen molar-refractivity contribution in [3.63, 3.8) is 0 Å². The van der Waals surface area contributed by atoms with Gasteiger partial charge >= 0.3 is 0 Å². The van der Waals surface area contributed by atoms with Gasteiger partial charge in [0, 0.05) is 38.0 Å². The fourth-order valence-electron chi connectivity index (χ4n) is 4.94. The molecule has 0 spiro atoms. The van der Waals surface area contributed by atoms with Gasteiger partial charge in [0.1, 0.15) is 0 Å². The number of fused-ring (bicyclic) bond motifs is 1. The third-order valence-corrected chi connectivity index (χ3v) is 6.05. The number of H-pyrrole nitrogens is 1. The summed E-state index contributed by atoms with van der Waals surface area (Å²) in [4.78, 5) is 13.7. The van der Waals surface area contributed by atoms with Gasteiger partial charge in [-0.15, -0.1) is 0 Å². The number of likely N-dealkylation sites (tertiary alicyclic amines) is 1. The van der Waals surface area contributed by atoms with Crippen LogP contribution in [0, 0.1) is 11.8 Å². The highest BCUT2D eigenvalue weighted by Gasteiger charge is 2.48. The van der Waals surface area contributed by atoms with Gasteiger partial charge in [-0.2, -0.15) is 5.10 Å². The molecular weight excluding hydrogens is 326 g/mol. The first-order valence-corrected chi connectivity index (χ1v) is 9.55. The van der Waals surface area contributed by atoms with E-state index in [1.54, 1.807) is 6.07 Å². The van der Waals surface area contributed by atoms with E-state index in [9.17, 15) is 9.90 Å². The Kier molecular flexibility index (Phi) is 4.67. The predicted molar refractivity (Wildman–Crippen MR) is 101 cm³/mol. The zero-order valence-corrected chi connectivity index (χ0v) is 15.3. The molecule has 1 aromatic heterocycles. The van der Waals surface area contributed by atoms with Gasteiger partial charge in [-0.05, 0) is 36.3 Å². The van der Waals surface area contributed by atoms with E-state index in [0.29, 0.717) is 11.8 Å². The number of nitrogens with one attached hydrogen (secondary N) is 1. The molecule has 2 aliphatic rings. The number of nitrogens with zero attached hydrogens (tertiary/aromatic N) is 2. The Bertz CT molecular complexity index is 770. The molecule has 2 heterocycles. The number of benzene rings is 1. The Morgan fingerprint density at radius 1 is 1.19 bits per heavy atom. The van der Waals surface area contributed by atoms with Gasteiger partial charge < -0.3 is 10.0 Å².